The van der Waals surface area contributed by atoms with Crippen LogP contribution in [0.5, 0.6) is 0 Å². The number of hydrogen-bond acceptors (Lipinski definition) is 15. The Balaban J connectivity index is -0.000000117. The number of benzene rings is 3. The third-order valence-corrected chi connectivity index (χ3v) is 24.5. The van der Waals surface area contributed by atoms with Gasteiger partial charge in [0, 0.05) is 64.2 Å². The third kappa shape index (κ3) is 77.2. The van der Waals surface area contributed by atoms with E-state index in [-0.39, 0.29) is 199 Å². The molecule has 136 heavy (non-hydrogen) atoms. The van der Waals surface area contributed by atoms with E-state index in [1.807, 2.05) is 190 Å². The fourth-order valence-electron chi connectivity index (χ4n) is 11.8. The van der Waals surface area contributed by atoms with Gasteiger partial charge in [0.15, 0.2) is 0 Å². The highest BCUT2D eigenvalue weighted by atomic mass is 79.9. The van der Waals surface area contributed by atoms with E-state index in [1.54, 1.807) is 4.90 Å². The molecule has 2 saturated heterocycles. The molecule has 2 aliphatic heterocycles. The molecule has 5 rings (SSSR count). The van der Waals surface area contributed by atoms with Crippen molar-refractivity contribution >= 4 is 53.3 Å². The zero-order valence-corrected chi connectivity index (χ0v) is 97.1. The number of rotatable bonds is 48. The molecule has 25 nitrogen and oxygen atoms in total. The van der Waals surface area contributed by atoms with E-state index < -0.39 is 0 Å². The minimum absolute atomic E-state index is 0. The number of likely N-dealkylation sites (tertiary alicyclic amines) is 1. The molecule has 0 aliphatic carbocycles. The lowest BCUT2D eigenvalue weighted by Crippen LogP contribution is -3.14. The number of amides is 3. The maximum Gasteiger partial charge on any atom is 0.311 e. The standard InChI is InChI=1S/2C17H28N2O.C16H26NO2.C13H25NO2.C12H23NO3.C10H22N2O.C10H21NO2.C8H17NO2.BrH.7ClH.2H2/c2*1-5-15(2)17(20)18-12-9-13-19(3,4)14-16-10-7-6-8-11-16;1-6-16(2,3)15(18)19-13-12-17(4,5)14-10-8-7-9-11-14;1-4-13(2,3)12(15)16-11-10-14-8-6-5-7-9-14;1-4-12(2,3)11(14)16-10-7-13-5-8-15-9-6-13;1-4-9(3)10(13)12-8-6-7-11-5-2;1-6-10(2,3)9(12)13-8-7-11(4)5;1-4-8(2,3)7(10)11-6-5-9;;;;;;;;;;/h2*6-8,10-11,15H,5,9,12-14H2,1-4H3;7-11H,6,12-13H2,1-5H3;4-11H2,1-3H3;4-10H2,1-3H3;9,11H,4-8H2,1-3H3,(H,12,13);6-8H2,1-5H3;4-6,9H2,1-3H3;10*1H/q;;+1;;;;;;;;;;;;;;;/p-2. The monoisotopic (exact) mass is 2140 g/mol. The Morgan fingerprint density at radius 2 is 0.706 bits per heavy atom. The average Bonchev–Trinajstić information content (AvgIpc) is 0.843. The number of piperidine rings is 1. The Morgan fingerprint density at radius 1 is 0.412 bits per heavy atom. The molecule has 808 valence electrons. The number of esters is 5. The molecule has 3 amide bonds. The zero-order chi connectivity index (χ0) is 98.1. The third-order valence-electron chi connectivity index (χ3n) is 24.5. The van der Waals surface area contributed by atoms with Crippen molar-refractivity contribution in [1.82, 2.24) is 25.8 Å². The molecule has 3 aromatic rings. The molecule has 2 heterocycles. The second-order valence-corrected chi connectivity index (χ2v) is 39.9. The first kappa shape index (κ1) is 154. The number of nitrogens with one attached hydrogen (secondary N) is 7. The molecule has 0 spiro atoms. The van der Waals surface area contributed by atoms with E-state index in [0.29, 0.717) is 44.1 Å². The van der Waals surface area contributed by atoms with Gasteiger partial charge in [-0.2, -0.15) is 0 Å². The van der Waals surface area contributed by atoms with E-state index in [0.717, 1.165) is 191 Å². The lowest BCUT2D eigenvalue weighted by molar-refractivity contribution is -0.908. The molecular weight excluding hydrogens is 1940 g/mol. The highest BCUT2D eigenvalue weighted by molar-refractivity contribution is 5.80. The predicted octanol–water partition coefficient (Wildman–Crippen LogP) is -12.2. The number of para-hydroxylation sites is 1. The number of carbonyl (C=O) groups excluding carboxylic acids is 8. The fraction of sp³-hybridized carbons (Fsp3) is 0.748. The molecule has 3 aromatic carbocycles. The van der Waals surface area contributed by atoms with Gasteiger partial charge in [0.1, 0.15) is 97.6 Å². The van der Waals surface area contributed by atoms with Crippen molar-refractivity contribution in [3.05, 3.63) is 102 Å². The lowest BCUT2D eigenvalue weighted by atomic mass is 9.91. The van der Waals surface area contributed by atoms with E-state index in [9.17, 15) is 38.4 Å². The summed E-state index contributed by atoms with van der Waals surface area (Å²) < 4.78 is 34.0. The zero-order valence-electron chi connectivity index (χ0n) is 90.3. The first-order valence-electron chi connectivity index (χ1n) is 48.8. The molecule has 0 saturated carbocycles. The number of quaternary nitrogens is 7. The summed E-state index contributed by atoms with van der Waals surface area (Å²) in [5, 5.41) is 12.2. The van der Waals surface area contributed by atoms with Gasteiger partial charge in [-0.05, 0) is 172 Å². The van der Waals surface area contributed by atoms with Crippen LogP contribution in [0.2, 0.25) is 0 Å². The summed E-state index contributed by atoms with van der Waals surface area (Å²) in [7, 11) is 17.3. The van der Waals surface area contributed by atoms with Gasteiger partial charge in [-0.3, -0.25) is 42.8 Å². The van der Waals surface area contributed by atoms with E-state index in [1.165, 1.54) is 59.0 Å². The van der Waals surface area contributed by atoms with Gasteiger partial charge in [-0.1, -0.05) is 162 Å². The Kier molecular flexibility index (Phi) is 98.9. The van der Waals surface area contributed by atoms with E-state index in [4.69, 9.17) is 28.4 Å². The van der Waals surface area contributed by atoms with Crippen LogP contribution in [0.25, 0.3) is 0 Å². The van der Waals surface area contributed by atoms with Crippen LogP contribution in [0.4, 0.5) is 5.69 Å². The minimum atomic E-state index is -0.385. The fourth-order valence-corrected chi connectivity index (χ4v) is 11.8. The van der Waals surface area contributed by atoms with Crippen LogP contribution >= 0.6 is 0 Å². The first-order valence-corrected chi connectivity index (χ1v) is 48.8. The van der Waals surface area contributed by atoms with Gasteiger partial charge in [-0.25, -0.2) is 0 Å². The number of morpholine rings is 1. The largest absolute Gasteiger partial charge is 1.00 e. The highest BCUT2D eigenvalue weighted by Crippen LogP contribution is 2.26. The Labute approximate surface area is 885 Å². The van der Waals surface area contributed by atoms with Crippen LogP contribution in [-0.4, -0.2) is 264 Å². The topological polar surface area (TPSA) is 281 Å². The maximum atomic E-state index is 11.9. The van der Waals surface area contributed by atoms with Crippen LogP contribution in [0.3, 0.4) is 0 Å². The van der Waals surface area contributed by atoms with Crippen molar-refractivity contribution < 1.29 is 203 Å². The normalized spacial score (nSPS) is 13.1. The lowest BCUT2D eigenvalue weighted by Gasteiger charge is -2.30. The maximum absolute atomic E-state index is 11.9. The van der Waals surface area contributed by atoms with Gasteiger partial charge in [0.25, 0.3) is 0 Å². The van der Waals surface area contributed by atoms with Crippen LogP contribution in [-0.2, 0) is 79.9 Å². The Hall–Kier alpha value is -4.43. The smallest absolute Gasteiger partial charge is 0.311 e. The summed E-state index contributed by atoms with van der Waals surface area (Å²) in [5.41, 5.74) is 5.80. The van der Waals surface area contributed by atoms with Gasteiger partial charge >= 0.3 is 29.8 Å². The van der Waals surface area contributed by atoms with Gasteiger partial charge in [0.2, 0.25) is 17.7 Å². The SMILES string of the molecule is CCC(C)(C)C(=O)OCC[N+](C)(C)c1ccccc1.CCC(C)(C)C(=O)OCC[NH+](C)C.CCC(C)(C)C(=O)OCC[NH+]1CCCCC1.CCC(C)(C)C(=O)OCC[NH+]1CCOCC1.CCC(C)(C)C(=O)OCC[NH3+].CCC(C)C(=O)NCCC[N+](C)(C)Cc1ccccc1.CCC(C)C(=O)NCCC[N+](C)(C)Cc1ccccc1.CCNCCCNC(=O)C(C)CC.[Br-].[Cl-].[Cl-].[Cl-].[Cl-].[Cl-].[Cl-].[Cl-].[HH].[HH]. The molecular formula is C103H200BrCl7N11O14-. The van der Waals surface area contributed by atoms with Gasteiger partial charge in [-0.15, -0.1) is 0 Å². The van der Waals surface area contributed by atoms with Crippen molar-refractivity contribution in [3.8, 4) is 0 Å². The number of carbonyl (C=O) groups is 8. The molecule has 0 radical (unpaired) electrons. The number of likely N-dealkylation sites (N-methyl/N-ethyl adjacent to an activating group) is 2. The van der Waals surface area contributed by atoms with Crippen LogP contribution in [0.15, 0.2) is 91.0 Å². The number of halogens is 8. The average molecular weight is 2140 g/mol. The number of hydrogen-bond donors (Lipinski definition) is 8. The minimum Gasteiger partial charge on any atom is -1.00 e. The summed E-state index contributed by atoms with van der Waals surface area (Å²) in [6, 6.07) is 31.4. The highest BCUT2D eigenvalue weighted by Gasteiger charge is 2.32. The molecule has 3 atom stereocenters. The van der Waals surface area contributed by atoms with Crippen molar-refractivity contribution in [1.29, 1.82) is 0 Å². The van der Waals surface area contributed by atoms with Crippen molar-refractivity contribution in [2.45, 2.75) is 255 Å². The second kappa shape index (κ2) is 87.2. The molecule has 0 bridgehead atoms. The molecule has 2 fully saturated rings. The summed E-state index contributed by atoms with van der Waals surface area (Å²) in [6.45, 7) is 64.7. The number of ether oxygens (including phenoxy) is 6. The predicted molar refractivity (Wildman–Crippen MR) is 530 cm³/mol. The molecule has 10 N–H and O–H groups in total. The van der Waals surface area contributed by atoms with E-state index >= 15 is 0 Å². The molecule has 2 aliphatic rings. The quantitative estimate of drug-likeness (QED) is 0.0113. The van der Waals surface area contributed by atoms with Crippen molar-refractivity contribution in [2.75, 3.05) is 207 Å². The van der Waals surface area contributed by atoms with Crippen molar-refractivity contribution in [2.24, 2.45) is 44.8 Å². The summed E-state index contributed by atoms with van der Waals surface area (Å²) in [6.07, 6.45) is 13.9. The Morgan fingerprint density at radius 3 is 1.01 bits per heavy atom. The van der Waals surface area contributed by atoms with Crippen molar-refractivity contribution in [3.63, 3.8) is 0 Å². The summed E-state index contributed by atoms with van der Waals surface area (Å²) in [5.74, 6) is 0.500. The van der Waals surface area contributed by atoms with Crippen LogP contribution in [0, 0.1) is 44.8 Å². The van der Waals surface area contributed by atoms with Crippen LogP contribution in [0.1, 0.15) is 256 Å². The number of nitrogens with zero attached hydrogens (tertiary/aromatic N) is 3. The molecule has 33 heteroatoms. The summed E-state index contributed by atoms with van der Waals surface area (Å²) in [4.78, 5) is 96.9. The molecule has 0 aromatic heterocycles. The second-order valence-electron chi connectivity index (χ2n) is 39.9. The first-order chi connectivity index (χ1) is 60.0. The molecule has 3 unspecified atom stereocenters. The Bertz CT molecular complexity index is 3300. The van der Waals surface area contributed by atoms with Gasteiger partial charge in [0.05, 0.1) is 123 Å². The van der Waals surface area contributed by atoms with Crippen LogP contribution < -0.4 is 150 Å². The van der Waals surface area contributed by atoms with E-state index in [2.05, 4.69) is 137 Å². The summed E-state index contributed by atoms with van der Waals surface area (Å²) >= 11 is 0. The van der Waals surface area contributed by atoms with Gasteiger partial charge < -0.3 is 183 Å².